The van der Waals surface area contributed by atoms with Gasteiger partial charge < -0.3 is 15.6 Å². The summed E-state index contributed by atoms with van der Waals surface area (Å²) >= 11 is 0. The molecule has 4 nitrogen and oxygen atoms in total. The number of nitrogens with zero attached hydrogens (tertiary/aromatic N) is 1. The molecule has 3 rings (SSSR count). The fourth-order valence-corrected chi connectivity index (χ4v) is 2.87. The summed E-state index contributed by atoms with van der Waals surface area (Å²) in [6.45, 7) is 1.80. The van der Waals surface area contributed by atoms with Crippen molar-refractivity contribution in [2.45, 2.75) is 6.92 Å². The van der Waals surface area contributed by atoms with E-state index in [4.69, 9.17) is 10.5 Å². The summed E-state index contributed by atoms with van der Waals surface area (Å²) in [6, 6.07) is 8.77. The lowest BCUT2D eigenvalue weighted by Crippen LogP contribution is -1.98. The van der Waals surface area contributed by atoms with E-state index in [0.717, 1.165) is 11.6 Å². The minimum Gasteiger partial charge on any atom is -0.506 e. The largest absolute Gasteiger partial charge is 0.506 e. The van der Waals surface area contributed by atoms with Crippen molar-refractivity contribution < 1.29 is 18.6 Å². The van der Waals surface area contributed by atoms with Gasteiger partial charge in [-0.2, -0.15) is 0 Å². The van der Waals surface area contributed by atoms with Crippen molar-refractivity contribution in [2.24, 2.45) is 0 Å². The third-order valence-corrected chi connectivity index (χ3v) is 4.03. The van der Waals surface area contributed by atoms with E-state index in [1.165, 1.54) is 25.4 Å². The van der Waals surface area contributed by atoms with Gasteiger partial charge in [0.1, 0.15) is 17.4 Å². The Morgan fingerprint density at radius 3 is 2.40 bits per heavy atom. The van der Waals surface area contributed by atoms with Gasteiger partial charge in [0.15, 0.2) is 11.6 Å². The zero-order chi connectivity index (χ0) is 18.1. The number of aromatic hydroxyl groups is 1. The van der Waals surface area contributed by atoms with Crippen molar-refractivity contribution in [2.75, 3.05) is 12.8 Å². The number of hydrogen-bond acceptors (Lipinski definition) is 4. The Bertz CT molecular complexity index is 958. The number of halogens is 2. The van der Waals surface area contributed by atoms with E-state index in [1.54, 1.807) is 25.1 Å². The van der Waals surface area contributed by atoms with Crippen molar-refractivity contribution in [3.63, 3.8) is 0 Å². The molecular formula is C19H16F2N2O2. The van der Waals surface area contributed by atoms with E-state index in [2.05, 4.69) is 4.98 Å². The lowest BCUT2D eigenvalue weighted by Gasteiger charge is -2.16. The van der Waals surface area contributed by atoms with Gasteiger partial charge in [-0.15, -0.1) is 0 Å². The number of pyridine rings is 1. The highest BCUT2D eigenvalue weighted by atomic mass is 19.1. The van der Waals surface area contributed by atoms with E-state index in [-0.39, 0.29) is 17.3 Å². The molecule has 0 atom stereocenters. The fraction of sp³-hybridized carbons (Fsp3) is 0.105. The predicted molar refractivity (Wildman–Crippen MR) is 92.4 cm³/mol. The van der Waals surface area contributed by atoms with Gasteiger partial charge in [-0.1, -0.05) is 18.2 Å². The number of hydrogen-bond donors (Lipinski definition) is 2. The first-order chi connectivity index (χ1) is 11.9. The molecule has 6 heteroatoms. The Hall–Kier alpha value is -3.15. The Morgan fingerprint density at radius 2 is 1.72 bits per heavy atom. The summed E-state index contributed by atoms with van der Waals surface area (Å²) in [5.41, 5.74) is 8.77. The van der Waals surface area contributed by atoms with Crippen LogP contribution in [0.15, 0.2) is 42.6 Å². The van der Waals surface area contributed by atoms with Crippen LogP contribution in [-0.2, 0) is 0 Å². The second kappa shape index (κ2) is 6.39. The Kier molecular flexibility index (Phi) is 4.27. The maximum atomic E-state index is 14.0. The molecule has 3 N–H and O–H groups in total. The normalized spacial score (nSPS) is 10.7. The quantitative estimate of drug-likeness (QED) is 0.745. The molecule has 3 aromatic rings. The van der Waals surface area contributed by atoms with Crippen LogP contribution in [0.2, 0.25) is 0 Å². The van der Waals surface area contributed by atoms with Crippen LogP contribution >= 0.6 is 0 Å². The van der Waals surface area contributed by atoms with Crippen LogP contribution in [0.1, 0.15) is 5.56 Å². The van der Waals surface area contributed by atoms with Gasteiger partial charge in [0.2, 0.25) is 0 Å². The first kappa shape index (κ1) is 16.7. The highest BCUT2D eigenvalue weighted by Gasteiger charge is 2.18. The van der Waals surface area contributed by atoms with Crippen molar-refractivity contribution in [3.05, 3.63) is 59.8 Å². The summed E-state index contributed by atoms with van der Waals surface area (Å²) in [4.78, 5) is 3.94. The number of benzene rings is 2. The standard InChI is InChI=1S/C19H16F2N2O2/c1-10-13(15-6-11(20)7-17(21)18(15)25-2)4-3-5-14(10)16-8-12(24)9-23-19(16)22/h3-9,24H,1-2H3,(H2,22,23). The third-order valence-electron chi connectivity index (χ3n) is 4.03. The monoisotopic (exact) mass is 342 g/mol. The smallest absolute Gasteiger partial charge is 0.168 e. The zero-order valence-electron chi connectivity index (χ0n) is 13.7. The third kappa shape index (κ3) is 2.98. The number of methoxy groups -OCH3 is 1. The van der Waals surface area contributed by atoms with Crippen LogP contribution in [0.5, 0.6) is 11.5 Å². The number of ether oxygens (including phenoxy) is 1. The van der Waals surface area contributed by atoms with Crippen LogP contribution in [0.25, 0.3) is 22.3 Å². The Labute approximate surface area is 143 Å². The molecule has 0 fully saturated rings. The molecular weight excluding hydrogens is 326 g/mol. The second-order valence-corrected chi connectivity index (χ2v) is 5.57. The molecule has 0 amide bonds. The zero-order valence-corrected chi connectivity index (χ0v) is 13.7. The molecule has 1 heterocycles. The number of nitrogens with two attached hydrogens (primary N) is 1. The molecule has 0 bridgehead atoms. The SMILES string of the molecule is COc1c(F)cc(F)cc1-c1cccc(-c2cc(O)cnc2N)c1C. The van der Waals surface area contributed by atoms with Gasteiger partial charge >= 0.3 is 0 Å². The van der Waals surface area contributed by atoms with Crippen LogP contribution < -0.4 is 10.5 Å². The van der Waals surface area contributed by atoms with E-state index in [1.807, 2.05) is 0 Å². The predicted octanol–water partition coefficient (Wildman–Crippen LogP) is 4.30. The van der Waals surface area contributed by atoms with Crippen molar-refractivity contribution in [3.8, 4) is 33.8 Å². The molecule has 25 heavy (non-hydrogen) atoms. The highest BCUT2D eigenvalue weighted by molar-refractivity contribution is 5.84. The Morgan fingerprint density at radius 1 is 1.04 bits per heavy atom. The molecule has 2 aromatic carbocycles. The summed E-state index contributed by atoms with van der Waals surface area (Å²) in [6.07, 6.45) is 1.25. The van der Waals surface area contributed by atoms with Crippen LogP contribution in [-0.4, -0.2) is 17.2 Å². The van der Waals surface area contributed by atoms with E-state index in [9.17, 15) is 13.9 Å². The molecule has 0 aliphatic rings. The summed E-state index contributed by atoms with van der Waals surface area (Å²) in [7, 11) is 1.33. The number of nitrogen functional groups attached to an aromatic ring is 1. The summed E-state index contributed by atoms with van der Waals surface area (Å²) in [5, 5.41) is 9.69. The molecule has 0 aliphatic carbocycles. The molecule has 0 saturated carbocycles. The number of rotatable bonds is 3. The van der Waals surface area contributed by atoms with Gasteiger partial charge in [-0.25, -0.2) is 13.8 Å². The lowest BCUT2D eigenvalue weighted by atomic mass is 9.92. The maximum Gasteiger partial charge on any atom is 0.168 e. The van der Waals surface area contributed by atoms with Crippen molar-refractivity contribution in [1.82, 2.24) is 4.98 Å². The van der Waals surface area contributed by atoms with Gasteiger partial charge in [0, 0.05) is 17.2 Å². The topological polar surface area (TPSA) is 68.4 Å². The molecule has 0 unspecified atom stereocenters. The average Bonchev–Trinajstić information content (AvgIpc) is 2.57. The lowest BCUT2D eigenvalue weighted by molar-refractivity contribution is 0.386. The molecule has 1 aromatic heterocycles. The van der Waals surface area contributed by atoms with Crippen LogP contribution in [0.3, 0.4) is 0 Å². The summed E-state index contributed by atoms with van der Waals surface area (Å²) in [5.74, 6) is -1.29. The average molecular weight is 342 g/mol. The first-order valence-electron chi connectivity index (χ1n) is 7.50. The number of anilines is 1. The van der Waals surface area contributed by atoms with E-state index in [0.29, 0.717) is 22.3 Å². The minimum atomic E-state index is -0.777. The van der Waals surface area contributed by atoms with Gasteiger partial charge in [0.25, 0.3) is 0 Å². The molecule has 0 aliphatic heterocycles. The first-order valence-corrected chi connectivity index (χ1v) is 7.50. The molecule has 0 saturated heterocycles. The van der Waals surface area contributed by atoms with Crippen molar-refractivity contribution >= 4 is 5.82 Å². The molecule has 0 radical (unpaired) electrons. The van der Waals surface area contributed by atoms with Crippen LogP contribution in [0, 0.1) is 18.6 Å². The minimum absolute atomic E-state index is 0.0246. The molecule has 0 spiro atoms. The number of aromatic nitrogens is 1. The van der Waals surface area contributed by atoms with E-state index >= 15 is 0 Å². The van der Waals surface area contributed by atoms with Gasteiger partial charge in [-0.05, 0) is 35.7 Å². The molecule has 128 valence electrons. The Balaban J connectivity index is 2.27. The maximum absolute atomic E-state index is 14.0. The second-order valence-electron chi connectivity index (χ2n) is 5.57. The van der Waals surface area contributed by atoms with Crippen LogP contribution in [0.4, 0.5) is 14.6 Å². The highest BCUT2D eigenvalue weighted by Crippen LogP contribution is 2.39. The summed E-state index contributed by atoms with van der Waals surface area (Å²) < 4.78 is 32.9. The van der Waals surface area contributed by atoms with Gasteiger partial charge in [-0.3, -0.25) is 0 Å². The van der Waals surface area contributed by atoms with Crippen molar-refractivity contribution in [1.29, 1.82) is 0 Å². The van der Waals surface area contributed by atoms with Gasteiger partial charge in [0.05, 0.1) is 13.3 Å². The van der Waals surface area contributed by atoms with E-state index < -0.39 is 11.6 Å². The fourth-order valence-electron chi connectivity index (χ4n) is 2.87.